The van der Waals surface area contributed by atoms with Gasteiger partial charge in [0, 0.05) is 6.20 Å². The van der Waals surface area contributed by atoms with E-state index in [-0.39, 0.29) is 0 Å². The van der Waals surface area contributed by atoms with Crippen molar-refractivity contribution in [2.45, 2.75) is 0 Å². The van der Waals surface area contributed by atoms with Crippen LogP contribution in [0.4, 0.5) is 5.95 Å². The van der Waals surface area contributed by atoms with E-state index in [0.717, 1.165) is 17.2 Å². The molecule has 0 saturated heterocycles. The van der Waals surface area contributed by atoms with Crippen LogP contribution in [0.5, 0.6) is 0 Å². The van der Waals surface area contributed by atoms with Crippen LogP contribution >= 0.6 is 12.2 Å². The third kappa shape index (κ3) is 0.975. The van der Waals surface area contributed by atoms with Crippen LogP contribution in [0.3, 0.4) is 0 Å². The van der Waals surface area contributed by atoms with E-state index in [2.05, 4.69) is 10.3 Å². The van der Waals surface area contributed by atoms with Crippen LogP contribution in [0, 0.1) is 4.64 Å². The smallest absolute Gasteiger partial charge is 0.213 e. The van der Waals surface area contributed by atoms with Gasteiger partial charge in [0.15, 0.2) is 0 Å². The quantitative estimate of drug-likeness (QED) is 0.664. The Labute approximate surface area is 85.7 Å². The Morgan fingerprint density at radius 2 is 2.29 bits per heavy atom. The van der Waals surface area contributed by atoms with Crippen molar-refractivity contribution in [3.63, 3.8) is 0 Å². The monoisotopic (exact) mass is 201 g/mol. The van der Waals surface area contributed by atoms with E-state index >= 15 is 0 Å². The van der Waals surface area contributed by atoms with Gasteiger partial charge in [-0.3, -0.25) is 4.40 Å². The zero-order chi connectivity index (χ0) is 9.54. The highest BCUT2D eigenvalue weighted by Gasteiger charge is 2.06. The molecule has 0 radical (unpaired) electrons. The molecule has 0 amide bonds. The van der Waals surface area contributed by atoms with Crippen LogP contribution in [0.2, 0.25) is 0 Å². The van der Waals surface area contributed by atoms with Gasteiger partial charge in [0.2, 0.25) is 5.95 Å². The first kappa shape index (κ1) is 7.70. The number of hydrogen-bond donors (Lipinski definition) is 1. The third-order valence-electron chi connectivity index (χ3n) is 2.22. The molecule has 1 aliphatic rings. The van der Waals surface area contributed by atoms with E-state index < -0.39 is 0 Å². The largest absolute Gasteiger partial charge is 0.332 e. The number of pyridine rings is 1. The summed E-state index contributed by atoms with van der Waals surface area (Å²) in [7, 11) is 0. The summed E-state index contributed by atoms with van der Waals surface area (Å²) < 4.78 is 2.65. The maximum Gasteiger partial charge on any atom is 0.213 e. The van der Waals surface area contributed by atoms with E-state index in [1.54, 1.807) is 0 Å². The van der Waals surface area contributed by atoms with E-state index in [1.807, 2.05) is 40.9 Å². The van der Waals surface area contributed by atoms with Gasteiger partial charge in [-0.1, -0.05) is 18.3 Å². The van der Waals surface area contributed by atoms with Crippen molar-refractivity contribution in [3.05, 3.63) is 40.8 Å². The average Bonchev–Trinajstić information content (AvgIpc) is 2.18. The van der Waals surface area contributed by atoms with Crippen LogP contribution in [-0.4, -0.2) is 9.38 Å². The average molecular weight is 201 g/mol. The lowest BCUT2D eigenvalue weighted by Crippen LogP contribution is -2.08. The fourth-order valence-electron chi connectivity index (χ4n) is 1.64. The summed E-state index contributed by atoms with van der Waals surface area (Å²) in [6, 6.07) is 7.96. The van der Waals surface area contributed by atoms with Crippen LogP contribution in [0.1, 0.15) is 5.69 Å². The van der Waals surface area contributed by atoms with Crippen molar-refractivity contribution < 1.29 is 0 Å². The molecule has 0 spiro atoms. The van der Waals surface area contributed by atoms with Gasteiger partial charge in [-0.15, -0.1) is 0 Å². The molecule has 2 aromatic heterocycles. The summed E-state index contributed by atoms with van der Waals surface area (Å²) in [6.45, 7) is 0. The lowest BCUT2D eigenvalue weighted by molar-refractivity contribution is 1.04. The van der Waals surface area contributed by atoms with Gasteiger partial charge in [0.1, 0.15) is 4.64 Å². The Balaban J connectivity index is 2.59. The van der Waals surface area contributed by atoms with E-state index in [9.17, 15) is 0 Å². The molecule has 3 heterocycles. The number of rotatable bonds is 0. The summed E-state index contributed by atoms with van der Waals surface area (Å²) in [4.78, 5) is 4.25. The number of nitrogens with zero attached hydrogens (tertiary/aromatic N) is 2. The van der Waals surface area contributed by atoms with Gasteiger partial charge in [-0.25, -0.2) is 4.98 Å². The summed E-state index contributed by atoms with van der Waals surface area (Å²) in [5, 5.41) is 3.07. The molecule has 0 bridgehead atoms. The molecule has 3 rings (SSSR count). The maximum atomic E-state index is 5.07. The second-order valence-corrected chi connectivity index (χ2v) is 3.52. The molecule has 2 aromatic rings. The van der Waals surface area contributed by atoms with Gasteiger partial charge in [-0.05, 0) is 24.3 Å². The Kier molecular flexibility index (Phi) is 1.46. The number of anilines is 1. The van der Waals surface area contributed by atoms with Crippen LogP contribution < -0.4 is 5.32 Å². The fraction of sp³-hybridized carbons (Fsp3) is 0. The Morgan fingerprint density at radius 1 is 1.36 bits per heavy atom. The molecule has 0 aliphatic carbocycles. The van der Waals surface area contributed by atoms with Crippen LogP contribution in [0.15, 0.2) is 30.5 Å². The maximum absolute atomic E-state index is 5.07. The predicted molar refractivity (Wildman–Crippen MR) is 58.7 cm³/mol. The van der Waals surface area contributed by atoms with Crippen molar-refractivity contribution in [3.8, 4) is 0 Å². The first-order chi connectivity index (χ1) is 6.84. The van der Waals surface area contributed by atoms with Gasteiger partial charge in [0.05, 0.1) is 11.2 Å². The molecule has 1 aliphatic heterocycles. The normalized spacial score (nSPS) is 12.9. The first-order valence-corrected chi connectivity index (χ1v) is 4.71. The molecular formula is C10H7N3S. The Morgan fingerprint density at radius 3 is 3.21 bits per heavy atom. The fourth-order valence-corrected chi connectivity index (χ4v) is 1.85. The Bertz CT molecular complexity index is 598. The van der Waals surface area contributed by atoms with Crippen molar-refractivity contribution in [2.24, 2.45) is 0 Å². The molecule has 0 unspecified atom stereocenters. The minimum absolute atomic E-state index is 0.611. The Hall–Kier alpha value is -1.68. The number of aromatic nitrogens is 2. The highest BCUT2D eigenvalue weighted by atomic mass is 32.1. The van der Waals surface area contributed by atoms with Crippen molar-refractivity contribution in [2.75, 3.05) is 5.32 Å². The molecule has 0 atom stereocenters. The second-order valence-electron chi connectivity index (χ2n) is 3.11. The van der Waals surface area contributed by atoms with Gasteiger partial charge in [0.25, 0.3) is 0 Å². The number of hydrogen-bond acceptors (Lipinski definition) is 3. The zero-order valence-corrected chi connectivity index (χ0v) is 8.08. The molecule has 68 valence electrons. The third-order valence-corrected chi connectivity index (χ3v) is 2.43. The molecule has 0 saturated carbocycles. The lowest BCUT2D eigenvalue weighted by atomic mass is 10.3. The minimum Gasteiger partial charge on any atom is -0.332 e. The molecule has 0 fully saturated rings. The highest BCUT2D eigenvalue weighted by molar-refractivity contribution is 7.71. The standard InChI is InChI=1S/C10H7N3S/c14-9-6-8-3-1-2-7-4-5-11-10(12-9)13(7)8/h1-6H,(H,11,12,14). The van der Waals surface area contributed by atoms with Gasteiger partial charge >= 0.3 is 0 Å². The SMILES string of the molecule is S=c1cc2cccc3n2c(n1)NC=C3. The predicted octanol–water partition coefficient (Wildman–Crippen LogP) is 2.46. The van der Waals surface area contributed by atoms with Crippen LogP contribution in [-0.2, 0) is 0 Å². The molecular weight excluding hydrogens is 194 g/mol. The van der Waals surface area contributed by atoms with Crippen LogP contribution in [0.25, 0.3) is 11.6 Å². The van der Waals surface area contributed by atoms with Crippen molar-refractivity contribution in [1.82, 2.24) is 9.38 Å². The molecule has 0 aromatic carbocycles. The molecule has 1 N–H and O–H groups in total. The lowest BCUT2D eigenvalue weighted by Gasteiger charge is -2.14. The summed E-state index contributed by atoms with van der Waals surface area (Å²) in [5.74, 6) is 0.783. The number of nitrogens with one attached hydrogen (secondary N) is 1. The minimum atomic E-state index is 0.611. The van der Waals surface area contributed by atoms with Crippen molar-refractivity contribution >= 4 is 29.8 Å². The first-order valence-electron chi connectivity index (χ1n) is 4.30. The molecule has 4 heteroatoms. The zero-order valence-electron chi connectivity index (χ0n) is 7.27. The second kappa shape index (κ2) is 2.65. The molecule has 3 nitrogen and oxygen atoms in total. The van der Waals surface area contributed by atoms with E-state index in [1.165, 1.54) is 0 Å². The highest BCUT2D eigenvalue weighted by Crippen LogP contribution is 2.18. The molecule has 14 heavy (non-hydrogen) atoms. The summed E-state index contributed by atoms with van der Waals surface area (Å²) >= 11 is 5.07. The summed E-state index contributed by atoms with van der Waals surface area (Å²) in [5.41, 5.74) is 2.17. The topological polar surface area (TPSA) is 29.3 Å². The van der Waals surface area contributed by atoms with Crippen molar-refractivity contribution in [1.29, 1.82) is 0 Å². The summed E-state index contributed by atoms with van der Waals surface area (Å²) in [6.07, 6.45) is 3.87. The van der Waals surface area contributed by atoms with Gasteiger partial charge < -0.3 is 5.32 Å². The van der Waals surface area contributed by atoms with E-state index in [4.69, 9.17) is 12.2 Å². The van der Waals surface area contributed by atoms with Gasteiger partial charge in [-0.2, -0.15) is 0 Å². The van der Waals surface area contributed by atoms with E-state index in [0.29, 0.717) is 4.64 Å².